The van der Waals surface area contributed by atoms with Crippen LogP contribution < -0.4 is 10.1 Å². The molecule has 4 nitrogen and oxygen atoms in total. The van der Waals surface area contributed by atoms with Gasteiger partial charge in [-0.2, -0.15) is 5.10 Å². The van der Waals surface area contributed by atoms with Crippen molar-refractivity contribution in [2.24, 2.45) is 0 Å². The van der Waals surface area contributed by atoms with E-state index in [9.17, 15) is 0 Å². The molecule has 0 unspecified atom stereocenters. The Hall–Kier alpha value is -2.59. The topological polar surface area (TPSA) is 39.1 Å². The van der Waals surface area contributed by atoms with E-state index in [1.54, 1.807) is 7.11 Å². The zero-order valence-corrected chi connectivity index (χ0v) is 14.5. The fourth-order valence-corrected chi connectivity index (χ4v) is 3.49. The average molecular weight is 333 g/mol. The summed E-state index contributed by atoms with van der Waals surface area (Å²) in [7, 11) is 1.70. The van der Waals surface area contributed by atoms with Crippen molar-refractivity contribution >= 4 is 0 Å². The Kier molecular flexibility index (Phi) is 4.53. The number of hydrogen-bond donors (Lipinski definition) is 1. The van der Waals surface area contributed by atoms with E-state index in [2.05, 4.69) is 52.5 Å². The van der Waals surface area contributed by atoms with E-state index in [1.807, 2.05) is 12.1 Å². The van der Waals surface area contributed by atoms with Gasteiger partial charge in [-0.15, -0.1) is 0 Å². The minimum absolute atomic E-state index is 0.869. The van der Waals surface area contributed by atoms with Crippen molar-refractivity contribution in [2.45, 2.75) is 25.9 Å². The van der Waals surface area contributed by atoms with Crippen LogP contribution in [0.3, 0.4) is 0 Å². The lowest BCUT2D eigenvalue weighted by Crippen LogP contribution is -2.25. The summed E-state index contributed by atoms with van der Waals surface area (Å²) in [4.78, 5) is 0. The first kappa shape index (κ1) is 15.9. The Morgan fingerprint density at radius 2 is 2.00 bits per heavy atom. The quantitative estimate of drug-likeness (QED) is 0.777. The summed E-state index contributed by atoms with van der Waals surface area (Å²) >= 11 is 0. The molecule has 0 atom stereocenters. The van der Waals surface area contributed by atoms with Gasteiger partial charge in [-0.3, -0.25) is 4.68 Å². The van der Waals surface area contributed by atoms with Gasteiger partial charge in [0.15, 0.2) is 0 Å². The third-order valence-electron chi connectivity index (χ3n) is 4.81. The molecule has 2 heterocycles. The van der Waals surface area contributed by atoms with Crippen molar-refractivity contribution in [3.8, 4) is 17.0 Å². The van der Waals surface area contributed by atoms with E-state index in [-0.39, 0.29) is 0 Å². The fraction of sp³-hybridized carbons (Fsp3) is 0.286. The molecule has 0 amide bonds. The maximum Gasteiger partial charge on any atom is 0.119 e. The summed E-state index contributed by atoms with van der Waals surface area (Å²) in [6.07, 6.45) is 2.03. The highest BCUT2D eigenvalue weighted by Crippen LogP contribution is 2.30. The van der Waals surface area contributed by atoms with Crippen LogP contribution in [-0.2, 0) is 25.9 Å². The van der Waals surface area contributed by atoms with Crippen molar-refractivity contribution in [1.82, 2.24) is 15.1 Å². The normalized spacial score (nSPS) is 13.5. The van der Waals surface area contributed by atoms with Gasteiger partial charge >= 0.3 is 0 Å². The van der Waals surface area contributed by atoms with Gasteiger partial charge in [0.2, 0.25) is 0 Å². The molecule has 1 aliphatic rings. The molecule has 2 aromatic carbocycles. The molecule has 4 rings (SSSR count). The second-order valence-electron chi connectivity index (χ2n) is 6.39. The number of rotatable bonds is 5. The minimum atomic E-state index is 0.869. The van der Waals surface area contributed by atoms with Gasteiger partial charge in [0.05, 0.1) is 12.8 Å². The molecule has 0 saturated heterocycles. The molecule has 128 valence electrons. The van der Waals surface area contributed by atoms with Crippen molar-refractivity contribution < 1.29 is 4.74 Å². The smallest absolute Gasteiger partial charge is 0.119 e. The highest BCUT2D eigenvalue weighted by Gasteiger charge is 2.21. The Bertz CT molecular complexity index is 855. The van der Waals surface area contributed by atoms with Gasteiger partial charge in [-0.25, -0.2) is 0 Å². The van der Waals surface area contributed by atoms with Gasteiger partial charge in [0.1, 0.15) is 5.75 Å². The van der Waals surface area contributed by atoms with Crippen LogP contribution in [0, 0.1) is 0 Å². The summed E-state index contributed by atoms with van der Waals surface area (Å²) in [5.74, 6) is 0.869. The number of aromatic nitrogens is 2. The number of nitrogens with one attached hydrogen (secondary N) is 1. The van der Waals surface area contributed by atoms with E-state index in [0.717, 1.165) is 49.5 Å². The largest absolute Gasteiger partial charge is 0.497 e. The third-order valence-corrected chi connectivity index (χ3v) is 4.81. The van der Waals surface area contributed by atoms with Crippen LogP contribution in [0.4, 0.5) is 0 Å². The maximum absolute atomic E-state index is 5.38. The lowest BCUT2D eigenvalue weighted by Gasteiger charge is -2.16. The zero-order chi connectivity index (χ0) is 17.1. The summed E-state index contributed by atoms with van der Waals surface area (Å²) in [6, 6.07) is 18.8. The van der Waals surface area contributed by atoms with Gasteiger partial charge in [-0.05, 0) is 24.1 Å². The van der Waals surface area contributed by atoms with Gasteiger partial charge in [0, 0.05) is 42.9 Å². The molecular formula is C21H23N3O. The Balaban J connectivity index is 1.67. The molecule has 1 N–H and O–H groups in total. The first-order valence-electron chi connectivity index (χ1n) is 8.83. The van der Waals surface area contributed by atoms with Gasteiger partial charge in [0.25, 0.3) is 0 Å². The van der Waals surface area contributed by atoms with E-state index >= 15 is 0 Å². The molecule has 0 bridgehead atoms. The molecule has 25 heavy (non-hydrogen) atoms. The summed E-state index contributed by atoms with van der Waals surface area (Å²) in [6.45, 7) is 2.81. The van der Waals surface area contributed by atoms with Crippen LogP contribution >= 0.6 is 0 Å². The first-order chi connectivity index (χ1) is 12.3. The Morgan fingerprint density at radius 3 is 2.84 bits per heavy atom. The SMILES string of the molecule is COc1cccc(-c2nn(CCc3ccccc3)c3c2CNCC3)c1. The first-order valence-corrected chi connectivity index (χ1v) is 8.83. The van der Waals surface area contributed by atoms with Gasteiger partial charge < -0.3 is 10.1 Å². The number of nitrogens with zero attached hydrogens (tertiary/aromatic N) is 2. The van der Waals surface area contributed by atoms with E-state index in [4.69, 9.17) is 9.84 Å². The van der Waals surface area contributed by atoms with Crippen LogP contribution in [-0.4, -0.2) is 23.4 Å². The van der Waals surface area contributed by atoms with Gasteiger partial charge in [-0.1, -0.05) is 42.5 Å². The van der Waals surface area contributed by atoms with Crippen molar-refractivity contribution in [1.29, 1.82) is 0 Å². The maximum atomic E-state index is 5.38. The summed E-state index contributed by atoms with van der Waals surface area (Å²) in [5.41, 5.74) is 6.25. The van der Waals surface area contributed by atoms with Crippen molar-refractivity contribution in [3.63, 3.8) is 0 Å². The number of fused-ring (bicyclic) bond motifs is 1. The molecule has 1 aliphatic heterocycles. The molecule has 0 radical (unpaired) electrons. The highest BCUT2D eigenvalue weighted by atomic mass is 16.5. The predicted octanol–water partition coefficient (Wildman–Crippen LogP) is 3.45. The second kappa shape index (κ2) is 7.11. The molecule has 0 saturated carbocycles. The molecule has 0 spiro atoms. The fourth-order valence-electron chi connectivity index (χ4n) is 3.49. The Labute approximate surface area is 148 Å². The minimum Gasteiger partial charge on any atom is -0.497 e. The molecule has 0 fully saturated rings. The lowest BCUT2D eigenvalue weighted by atomic mass is 10.0. The monoisotopic (exact) mass is 333 g/mol. The molecule has 4 heteroatoms. The second-order valence-corrected chi connectivity index (χ2v) is 6.39. The number of hydrogen-bond acceptors (Lipinski definition) is 3. The third kappa shape index (κ3) is 3.30. The van der Waals surface area contributed by atoms with E-state index in [0.29, 0.717) is 0 Å². The van der Waals surface area contributed by atoms with Crippen molar-refractivity contribution in [3.05, 3.63) is 71.4 Å². The van der Waals surface area contributed by atoms with E-state index in [1.165, 1.54) is 16.8 Å². The number of benzene rings is 2. The zero-order valence-electron chi connectivity index (χ0n) is 14.5. The van der Waals surface area contributed by atoms with Crippen molar-refractivity contribution in [2.75, 3.05) is 13.7 Å². The number of methoxy groups -OCH3 is 1. The van der Waals surface area contributed by atoms with Crippen LogP contribution in [0.2, 0.25) is 0 Å². The molecule has 0 aliphatic carbocycles. The van der Waals surface area contributed by atoms with Crippen LogP contribution in [0.1, 0.15) is 16.8 Å². The Morgan fingerprint density at radius 1 is 1.12 bits per heavy atom. The lowest BCUT2D eigenvalue weighted by molar-refractivity contribution is 0.415. The van der Waals surface area contributed by atoms with Crippen LogP contribution in [0.5, 0.6) is 5.75 Å². The molecular weight excluding hydrogens is 310 g/mol. The molecule has 3 aromatic rings. The van der Waals surface area contributed by atoms with Crippen LogP contribution in [0.15, 0.2) is 54.6 Å². The van der Waals surface area contributed by atoms with Crippen LogP contribution in [0.25, 0.3) is 11.3 Å². The highest BCUT2D eigenvalue weighted by molar-refractivity contribution is 5.66. The summed E-state index contributed by atoms with van der Waals surface area (Å²) < 4.78 is 7.59. The number of aryl methyl sites for hydroxylation is 2. The standard InChI is InChI=1S/C21H23N3O/c1-25-18-9-5-8-17(14-18)21-19-15-22-12-10-20(19)24(23-21)13-11-16-6-3-2-4-7-16/h2-9,14,22H,10-13,15H2,1H3. The molecule has 1 aromatic heterocycles. The number of ether oxygens (including phenoxy) is 1. The average Bonchev–Trinajstić information content (AvgIpc) is 3.06. The van der Waals surface area contributed by atoms with E-state index < -0.39 is 0 Å². The summed E-state index contributed by atoms with van der Waals surface area (Å²) in [5, 5.41) is 8.46. The predicted molar refractivity (Wildman–Crippen MR) is 99.8 cm³/mol.